The normalized spacial score (nSPS) is 12.9. The summed E-state index contributed by atoms with van der Waals surface area (Å²) in [6.07, 6.45) is 0. The lowest BCUT2D eigenvalue weighted by molar-refractivity contribution is 0.303. The number of nitrogens with one attached hydrogen (secondary N) is 2. The van der Waals surface area contributed by atoms with Crippen LogP contribution in [-0.4, -0.2) is 56.5 Å². The summed E-state index contributed by atoms with van der Waals surface area (Å²) in [4.78, 5) is 3.67. The zero-order chi connectivity index (χ0) is 21.6. The molecule has 160 valence electrons. The first-order valence-corrected chi connectivity index (χ1v) is 12.3. The van der Waals surface area contributed by atoms with E-state index in [0.29, 0.717) is 30.4 Å². The van der Waals surface area contributed by atoms with Gasteiger partial charge in [-0.05, 0) is 62.4 Å². The van der Waals surface area contributed by atoms with E-state index in [-0.39, 0.29) is 10.9 Å². The molecule has 2 aromatic rings. The van der Waals surface area contributed by atoms with Crippen LogP contribution < -0.4 is 10.6 Å². The lowest BCUT2D eigenvalue weighted by Gasteiger charge is -2.24. The third kappa shape index (κ3) is 5.99. The second-order valence-corrected chi connectivity index (χ2v) is 10.2. The molecule has 0 aliphatic carbocycles. The summed E-state index contributed by atoms with van der Waals surface area (Å²) < 4.78 is 27.1. The minimum atomic E-state index is -3.52. The summed E-state index contributed by atoms with van der Waals surface area (Å²) in [7, 11) is 0.553. The van der Waals surface area contributed by atoms with E-state index < -0.39 is 10.0 Å². The monoisotopic (exact) mass is 454 g/mol. The van der Waals surface area contributed by atoms with Gasteiger partial charge in [0.05, 0.1) is 10.9 Å². The van der Waals surface area contributed by atoms with Crippen molar-refractivity contribution in [3.63, 3.8) is 0 Å². The fraction of sp³-hybridized carbons (Fsp3) is 0.450. The van der Waals surface area contributed by atoms with Gasteiger partial charge in [-0.3, -0.25) is 0 Å². The number of sulfonamides is 1. The van der Waals surface area contributed by atoms with Gasteiger partial charge in [0.15, 0.2) is 5.11 Å². The Bertz CT molecular complexity index is 908. The number of benzene rings is 1. The van der Waals surface area contributed by atoms with Crippen molar-refractivity contribution in [3.8, 4) is 0 Å². The Morgan fingerprint density at radius 2 is 1.90 bits per heavy atom. The van der Waals surface area contributed by atoms with Gasteiger partial charge in [0.1, 0.15) is 0 Å². The van der Waals surface area contributed by atoms with E-state index in [1.165, 1.54) is 9.18 Å². The average Bonchev–Trinajstić information content (AvgIpc) is 3.18. The summed E-state index contributed by atoms with van der Waals surface area (Å²) in [5.41, 5.74) is 1.61. The SMILES string of the molecule is CCN(CC)S(=O)(=O)c1ccc(C)c(NC(=S)NCC(c2cccs2)N(C)C)c1. The zero-order valence-corrected chi connectivity index (χ0v) is 20.0. The maximum Gasteiger partial charge on any atom is 0.243 e. The van der Waals surface area contributed by atoms with Crippen LogP contribution in [0.25, 0.3) is 0 Å². The summed E-state index contributed by atoms with van der Waals surface area (Å²) in [5, 5.41) is 8.95. The van der Waals surface area contributed by atoms with Crippen LogP contribution in [0.15, 0.2) is 40.6 Å². The van der Waals surface area contributed by atoms with Crippen LogP contribution in [0.4, 0.5) is 5.69 Å². The van der Waals surface area contributed by atoms with Crippen LogP contribution in [0.5, 0.6) is 0 Å². The van der Waals surface area contributed by atoms with Crippen molar-refractivity contribution in [3.05, 3.63) is 46.2 Å². The van der Waals surface area contributed by atoms with E-state index in [9.17, 15) is 8.42 Å². The summed E-state index contributed by atoms with van der Waals surface area (Å²) >= 11 is 7.18. The van der Waals surface area contributed by atoms with E-state index in [1.54, 1.807) is 29.5 Å². The molecular formula is C20H30N4O2S3. The lowest BCUT2D eigenvalue weighted by Crippen LogP contribution is -2.36. The quantitative estimate of drug-likeness (QED) is 0.564. The standard InChI is InChI=1S/C20H30N4O2S3/c1-6-24(7-2)29(25,26)16-11-10-15(3)17(13-16)22-20(27)21-14-18(23(4)5)19-9-8-12-28-19/h8-13,18H,6-7,14H2,1-5H3,(H2,21,22,27). The van der Waals surface area contributed by atoms with Crippen molar-refractivity contribution in [2.45, 2.75) is 31.7 Å². The maximum atomic E-state index is 12.8. The van der Waals surface area contributed by atoms with Crippen LogP contribution in [0.3, 0.4) is 0 Å². The Morgan fingerprint density at radius 3 is 2.45 bits per heavy atom. The third-order valence-electron chi connectivity index (χ3n) is 4.75. The molecule has 0 saturated heterocycles. The number of thiophene rings is 1. The highest BCUT2D eigenvalue weighted by Crippen LogP contribution is 2.24. The summed E-state index contributed by atoms with van der Waals surface area (Å²) in [5.74, 6) is 0. The zero-order valence-electron chi connectivity index (χ0n) is 17.6. The van der Waals surface area contributed by atoms with Gasteiger partial charge in [-0.15, -0.1) is 11.3 Å². The van der Waals surface area contributed by atoms with E-state index >= 15 is 0 Å². The van der Waals surface area contributed by atoms with E-state index in [0.717, 1.165) is 5.56 Å². The van der Waals surface area contributed by atoms with Crippen molar-refractivity contribution in [1.82, 2.24) is 14.5 Å². The molecule has 0 fully saturated rings. The molecule has 6 nitrogen and oxygen atoms in total. The van der Waals surface area contributed by atoms with Gasteiger partial charge in [-0.1, -0.05) is 26.0 Å². The highest BCUT2D eigenvalue weighted by Gasteiger charge is 2.22. The molecule has 1 unspecified atom stereocenters. The number of aryl methyl sites for hydroxylation is 1. The number of likely N-dealkylation sites (N-methyl/N-ethyl adjacent to an activating group) is 1. The molecule has 29 heavy (non-hydrogen) atoms. The molecule has 0 aliphatic heterocycles. The molecule has 0 radical (unpaired) electrons. The Morgan fingerprint density at radius 1 is 1.21 bits per heavy atom. The molecule has 0 bridgehead atoms. The van der Waals surface area contributed by atoms with Gasteiger partial charge in [0.25, 0.3) is 0 Å². The molecule has 9 heteroatoms. The molecule has 1 atom stereocenters. The van der Waals surface area contributed by atoms with Crippen molar-refractivity contribution < 1.29 is 8.42 Å². The fourth-order valence-electron chi connectivity index (χ4n) is 2.98. The predicted molar refractivity (Wildman–Crippen MR) is 126 cm³/mol. The number of anilines is 1. The van der Waals surface area contributed by atoms with Gasteiger partial charge >= 0.3 is 0 Å². The third-order valence-corrected chi connectivity index (χ3v) is 8.02. The molecular weight excluding hydrogens is 424 g/mol. The summed E-state index contributed by atoms with van der Waals surface area (Å²) in [6.45, 7) is 7.11. The number of hydrogen-bond acceptors (Lipinski definition) is 5. The molecule has 0 aliphatic rings. The van der Waals surface area contributed by atoms with Gasteiger partial charge < -0.3 is 15.5 Å². The predicted octanol–water partition coefficient (Wildman–Crippen LogP) is 3.68. The minimum absolute atomic E-state index is 0.199. The molecule has 1 aromatic heterocycles. The fourth-order valence-corrected chi connectivity index (χ4v) is 5.58. The van der Waals surface area contributed by atoms with Crippen LogP contribution in [0.1, 0.15) is 30.3 Å². The smallest absolute Gasteiger partial charge is 0.243 e. The lowest BCUT2D eigenvalue weighted by atomic mass is 10.2. The Labute approximate surface area is 184 Å². The Kier molecular flexibility index (Phi) is 8.59. The molecule has 0 amide bonds. The molecule has 0 spiro atoms. The van der Waals surface area contributed by atoms with Gasteiger partial charge in [0.2, 0.25) is 10.0 Å². The topological polar surface area (TPSA) is 64.7 Å². The Hall–Kier alpha value is -1.52. The molecule has 0 saturated carbocycles. The summed E-state index contributed by atoms with van der Waals surface area (Å²) in [6, 6.07) is 9.45. The van der Waals surface area contributed by atoms with E-state index in [4.69, 9.17) is 12.2 Å². The first kappa shape index (κ1) is 23.8. The molecule has 1 aromatic carbocycles. The largest absolute Gasteiger partial charge is 0.360 e. The van der Waals surface area contributed by atoms with Crippen molar-refractivity contribution >= 4 is 44.4 Å². The second-order valence-electron chi connectivity index (χ2n) is 6.90. The maximum absolute atomic E-state index is 12.8. The highest BCUT2D eigenvalue weighted by molar-refractivity contribution is 7.89. The molecule has 1 heterocycles. The van der Waals surface area contributed by atoms with Crippen LogP contribution in [0.2, 0.25) is 0 Å². The van der Waals surface area contributed by atoms with Crippen LogP contribution >= 0.6 is 23.6 Å². The number of rotatable bonds is 9. The van der Waals surface area contributed by atoms with E-state index in [2.05, 4.69) is 27.0 Å². The average molecular weight is 455 g/mol. The van der Waals surface area contributed by atoms with Crippen molar-refractivity contribution in [1.29, 1.82) is 0 Å². The molecule has 2 rings (SSSR count). The number of thiocarbonyl (C=S) groups is 1. The number of hydrogen-bond donors (Lipinski definition) is 2. The Balaban J connectivity index is 2.12. The second kappa shape index (κ2) is 10.5. The first-order valence-electron chi connectivity index (χ1n) is 9.56. The minimum Gasteiger partial charge on any atom is -0.360 e. The van der Waals surface area contributed by atoms with Crippen molar-refractivity contribution in [2.75, 3.05) is 39.0 Å². The van der Waals surface area contributed by atoms with Crippen molar-refractivity contribution in [2.24, 2.45) is 0 Å². The van der Waals surface area contributed by atoms with Crippen LogP contribution in [0, 0.1) is 6.92 Å². The first-order chi connectivity index (χ1) is 13.7. The van der Waals surface area contributed by atoms with Gasteiger partial charge in [-0.25, -0.2) is 8.42 Å². The van der Waals surface area contributed by atoms with Gasteiger partial charge in [-0.2, -0.15) is 4.31 Å². The molecule has 2 N–H and O–H groups in total. The highest BCUT2D eigenvalue weighted by atomic mass is 32.2. The number of nitrogens with zero attached hydrogens (tertiary/aromatic N) is 2. The van der Waals surface area contributed by atoms with Crippen LogP contribution in [-0.2, 0) is 10.0 Å². The van der Waals surface area contributed by atoms with E-state index in [1.807, 2.05) is 40.9 Å². The van der Waals surface area contributed by atoms with Gasteiger partial charge in [0, 0.05) is 30.2 Å².